The van der Waals surface area contributed by atoms with Gasteiger partial charge < -0.3 is 10.1 Å². The summed E-state index contributed by atoms with van der Waals surface area (Å²) in [6.07, 6.45) is 0.759. The Labute approximate surface area is 125 Å². The molecule has 20 heavy (non-hydrogen) atoms. The molecule has 0 bridgehead atoms. The van der Waals surface area contributed by atoms with E-state index in [0.717, 1.165) is 6.42 Å². The first-order chi connectivity index (χ1) is 9.21. The number of esters is 1. The predicted octanol–water partition coefficient (Wildman–Crippen LogP) is 2.12. The van der Waals surface area contributed by atoms with Gasteiger partial charge in [0.25, 0.3) is 0 Å². The highest BCUT2D eigenvalue weighted by Crippen LogP contribution is 2.15. The lowest BCUT2D eigenvalue weighted by Crippen LogP contribution is -2.48. The van der Waals surface area contributed by atoms with Gasteiger partial charge >= 0.3 is 5.97 Å². The number of hydrogen-bond acceptors (Lipinski definition) is 5. The molecule has 0 aliphatic heterocycles. The maximum Gasteiger partial charge on any atom is 0.329 e. The maximum atomic E-state index is 12.1. The van der Waals surface area contributed by atoms with Crippen LogP contribution < -0.4 is 5.32 Å². The van der Waals surface area contributed by atoms with Crippen molar-refractivity contribution in [2.75, 3.05) is 11.5 Å². The molecule has 2 atom stereocenters. The van der Waals surface area contributed by atoms with Gasteiger partial charge in [0.2, 0.25) is 5.91 Å². The Morgan fingerprint density at radius 3 is 2.45 bits per heavy atom. The average molecular weight is 300 g/mol. The molecule has 0 saturated heterocycles. The van der Waals surface area contributed by atoms with Crippen LogP contribution in [0.5, 0.6) is 0 Å². The maximum absolute atomic E-state index is 12.1. The van der Waals surface area contributed by atoms with E-state index in [-0.39, 0.29) is 23.3 Å². The zero-order chi connectivity index (χ0) is 15.8. The molecule has 6 heteroatoms. The van der Waals surface area contributed by atoms with E-state index >= 15 is 0 Å². The van der Waals surface area contributed by atoms with Gasteiger partial charge in [0.15, 0.2) is 0 Å². The van der Waals surface area contributed by atoms with E-state index in [1.54, 1.807) is 20.8 Å². The van der Waals surface area contributed by atoms with Gasteiger partial charge in [-0.3, -0.25) is 4.79 Å². The van der Waals surface area contributed by atoms with Gasteiger partial charge in [-0.25, -0.2) is 4.79 Å². The largest absolute Gasteiger partial charge is 0.458 e. The van der Waals surface area contributed by atoms with Gasteiger partial charge in [-0.05, 0) is 26.7 Å². The summed E-state index contributed by atoms with van der Waals surface area (Å²) in [5, 5.41) is 11.1. The molecular weight excluding hydrogens is 276 g/mol. The smallest absolute Gasteiger partial charge is 0.329 e. The van der Waals surface area contributed by atoms with E-state index in [0.29, 0.717) is 0 Å². The van der Waals surface area contributed by atoms with Crippen LogP contribution in [0.2, 0.25) is 0 Å². The van der Waals surface area contributed by atoms with E-state index in [1.165, 1.54) is 11.8 Å². The average Bonchev–Trinajstić information content (AvgIpc) is 2.33. The van der Waals surface area contributed by atoms with E-state index < -0.39 is 17.6 Å². The van der Waals surface area contributed by atoms with Crippen LogP contribution in [0.15, 0.2) is 0 Å². The molecule has 114 valence electrons. The number of ether oxygens (including phenoxy) is 1. The number of amides is 1. The number of rotatable bonds is 7. The molecule has 1 amide bonds. The number of nitrogens with one attached hydrogen (secondary N) is 1. The highest BCUT2D eigenvalue weighted by molar-refractivity contribution is 8.00. The van der Waals surface area contributed by atoms with Gasteiger partial charge in [-0.15, -0.1) is 11.8 Å². The summed E-state index contributed by atoms with van der Waals surface area (Å²) in [6, 6.07) is 1.31. The first-order valence-corrected chi connectivity index (χ1v) is 7.83. The lowest BCUT2D eigenvalue weighted by Gasteiger charge is -2.27. The molecule has 5 nitrogen and oxygen atoms in total. The van der Waals surface area contributed by atoms with Gasteiger partial charge in [0.1, 0.15) is 11.6 Å². The number of carbonyl (C=O) groups excluding carboxylic acids is 2. The second kappa shape index (κ2) is 8.85. The first kappa shape index (κ1) is 18.8. The van der Waals surface area contributed by atoms with Crippen molar-refractivity contribution in [3.05, 3.63) is 0 Å². The standard InChI is InChI=1S/C14H24N2O3S/c1-6-10(2)12(13(18)19-14(3,4)5)16-11(17)9-20-8-7-15/h10,12H,6,8-9H2,1-5H3,(H,16,17)/t10-,12-/m0/s1. The normalized spacial score (nSPS) is 14.0. The van der Waals surface area contributed by atoms with Gasteiger partial charge in [-0.2, -0.15) is 5.26 Å². The van der Waals surface area contributed by atoms with Crippen molar-refractivity contribution in [3.8, 4) is 6.07 Å². The predicted molar refractivity (Wildman–Crippen MR) is 80.2 cm³/mol. The highest BCUT2D eigenvalue weighted by atomic mass is 32.2. The Morgan fingerprint density at radius 1 is 1.40 bits per heavy atom. The van der Waals surface area contributed by atoms with Crippen LogP contribution in [0.4, 0.5) is 0 Å². The molecule has 0 heterocycles. The fraction of sp³-hybridized carbons (Fsp3) is 0.786. The highest BCUT2D eigenvalue weighted by Gasteiger charge is 2.30. The fourth-order valence-electron chi connectivity index (χ4n) is 1.44. The zero-order valence-electron chi connectivity index (χ0n) is 12.9. The lowest BCUT2D eigenvalue weighted by molar-refractivity contribution is -0.160. The minimum atomic E-state index is -0.644. The summed E-state index contributed by atoms with van der Waals surface area (Å²) >= 11 is 1.22. The molecule has 0 unspecified atom stereocenters. The Hall–Kier alpha value is -1.22. The van der Waals surface area contributed by atoms with E-state index in [2.05, 4.69) is 5.32 Å². The van der Waals surface area contributed by atoms with E-state index in [4.69, 9.17) is 10.00 Å². The third-order valence-electron chi connectivity index (χ3n) is 2.59. The van der Waals surface area contributed by atoms with Crippen molar-refractivity contribution in [1.29, 1.82) is 5.26 Å². The van der Waals surface area contributed by atoms with E-state index in [1.807, 2.05) is 19.9 Å². The third kappa shape index (κ3) is 8.05. The molecule has 0 rings (SSSR count). The zero-order valence-corrected chi connectivity index (χ0v) is 13.7. The van der Waals surface area contributed by atoms with Crippen LogP contribution in [-0.2, 0) is 14.3 Å². The Balaban J connectivity index is 4.61. The Morgan fingerprint density at radius 2 is 2.00 bits per heavy atom. The number of carbonyl (C=O) groups is 2. The quantitative estimate of drug-likeness (QED) is 0.575. The van der Waals surface area contributed by atoms with Gasteiger partial charge in [0.05, 0.1) is 17.6 Å². The molecule has 0 radical (unpaired) electrons. The van der Waals surface area contributed by atoms with Gasteiger partial charge in [-0.1, -0.05) is 20.3 Å². The Bertz CT molecular complexity index is 372. The minimum Gasteiger partial charge on any atom is -0.458 e. The topological polar surface area (TPSA) is 79.2 Å². The number of hydrogen-bond donors (Lipinski definition) is 1. The third-order valence-corrected chi connectivity index (χ3v) is 3.39. The van der Waals surface area contributed by atoms with Crippen LogP contribution in [0.1, 0.15) is 41.0 Å². The van der Waals surface area contributed by atoms with E-state index in [9.17, 15) is 9.59 Å². The second-order valence-corrected chi connectivity index (χ2v) is 6.60. The molecule has 0 aliphatic rings. The summed E-state index contributed by atoms with van der Waals surface area (Å²) in [7, 11) is 0. The van der Waals surface area contributed by atoms with Gasteiger partial charge in [0, 0.05) is 0 Å². The van der Waals surface area contributed by atoms with Crippen molar-refractivity contribution in [3.63, 3.8) is 0 Å². The summed E-state index contributed by atoms with van der Waals surface area (Å²) in [5.74, 6) is -0.237. The number of nitriles is 1. The van der Waals surface area contributed by atoms with Crippen molar-refractivity contribution < 1.29 is 14.3 Å². The summed E-state index contributed by atoms with van der Waals surface area (Å²) in [6.45, 7) is 9.24. The van der Waals surface area contributed by atoms with Crippen molar-refractivity contribution in [2.24, 2.45) is 5.92 Å². The van der Waals surface area contributed by atoms with Crippen molar-refractivity contribution in [2.45, 2.75) is 52.7 Å². The first-order valence-electron chi connectivity index (χ1n) is 6.68. The molecule has 0 fully saturated rings. The van der Waals surface area contributed by atoms with Crippen molar-refractivity contribution >= 4 is 23.6 Å². The number of thioether (sulfide) groups is 1. The van der Waals surface area contributed by atoms with Crippen LogP contribution in [0.25, 0.3) is 0 Å². The Kier molecular flexibility index (Phi) is 8.31. The second-order valence-electron chi connectivity index (χ2n) is 5.62. The summed E-state index contributed by atoms with van der Waals surface area (Å²) < 4.78 is 5.34. The van der Waals surface area contributed by atoms with Crippen LogP contribution >= 0.6 is 11.8 Å². The fourth-order valence-corrected chi connectivity index (χ4v) is 1.90. The molecule has 0 saturated carbocycles. The van der Waals surface area contributed by atoms with Crippen LogP contribution in [0.3, 0.4) is 0 Å². The van der Waals surface area contributed by atoms with Crippen molar-refractivity contribution in [1.82, 2.24) is 5.32 Å². The minimum absolute atomic E-state index is 0.00485. The lowest BCUT2D eigenvalue weighted by atomic mass is 9.99. The molecule has 1 N–H and O–H groups in total. The molecule has 0 aromatic heterocycles. The molecular formula is C14H24N2O3S. The monoisotopic (exact) mass is 300 g/mol. The SMILES string of the molecule is CC[C@H](C)[C@H](NC(=O)CSCC#N)C(=O)OC(C)(C)C. The molecule has 0 aromatic rings. The summed E-state index contributed by atoms with van der Waals surface area (Å²) in [5.41, 5.74) is -0.580. The number of nitrogens with zero attached hydrogens (tertiary/aromatic N) is 1. The van der Waals surface area contributed by atoms with Crippen LogP contribution in [-0.4, -0.2) is 35.0 Å². The molecule has 0 aromatic carbocycles. The molecule has 0 spiro atoms. The summed E-state index contributed by atoms with van der Waals surface area (Å²) in [4.78, 5) is 23.9. The van der Waals surface area contributed by atoms with Crippen LogP contribution in [0, 0.1) is 17.2 Å². The molecule has 0 aliphatic carbocycles.